The number of hydrogen-bond acceptors (Lipinski definition) is 3. The molecule has 1 rings (SSSR count). The van der Waals surface area contributed by atoms with Gasteiger partial charge in [-0.2, -0.15) is 0 Å². The summed E-state index contributed by atoms with van der Waals surface area (Å²) in [7, 11) is 0. The Bertz CT molecular complexity index is 361. The highest BCUT2D eigenvalue weighted by atomic mass is 79.9. The van der Waals surface area contributed by atoms with Gasteiger partial charge < -0.3 is 5.32 Å². The molecule has 1 heterocycles. The summed E-state index contributed by atoms with van der Waals surface area (Å²) in [4.78, 5) is 15.4. The van der Waals surface area contributed by atoms with Gasteiger partial charge in [0.25, 0.3) is 5.56 Å². The van der Waals surface area contributed by atoms with Gasteiger partial charge >= 0.3 is 0 Å². The highest BCUT2D eigenvalue weighted by Crippen LogP contribution is 1.97. The van der Waals surface area contributed by atoms with Crippen LogP contribution >= 0.6 is 15.9 Å². The second-order valence-corrected chi connectivity index (χ2v) is 3.59. The standard InChI is InChI=1S/C9H12BrN3O/c1-2-3-11-4-5-13-7-12-6-8(10)9(13)14/h2,6-7,11H,1,3-5H2. The monoisotopic (exact) mass is 257 g/mol. The molecule has 14 heavy (non-hydrogen) atoms. The Morgan fingerprint density at radius 3 is 3.21 bits per heavy atom. The summed E-state index contributed by atoms with van der Waals surface area (Å²) in [5, 5.41) is 3.11. The van der Waals surface area contributed by atoms with Crippen molar-refractivity contribution >= 4 is 15.9 Å². The van der Waals surface area contributed by atoms with Crippen LogP contribution in [0.2, 0.25) is 0 Å². The van der Waals surface area contributed by atoms with Crippen LogP contribution in [0.1, 0.15) is 0 Å². The molecule has 0 spiro atoms. The quantitative estimate of drug-likeness (QED) is 0.627. The van der Waals surface area contributed by atoms with Gasteiger partial charge in [0.15, 0.2) is 0 Å². The molecular formula is C9H12BrN3O. The van der Waals surface area contributed by atoms with Gasteiger partial charge in [-0.15, -0.1) is 6.58 Å². The molecule has 0 aliphatic carbocycles. The van der Waals surface area contributed by atoms with Crippen LogP contribution in [0.5, 0.6) is 0 Å². The Balaban J connectivity index is 2.55. The molecule has 0 aliphatic rings. The van der Waals surface area contributed by atoms with E-state index in [1.807, 2.05) is 0 Å². The van der Waals surface area contributed by atoms with Crippen molar-refractivity contribution in [3.63, 3.8) is 0 Å². The molecule has 0 radical (unpaired) electrons. The molecule has 1 N–H and O–H groups in total. The minimum absolute atomic E-state index is 0.0552. The Hall–Kier alpha value is -0.940. The summed E-state index contributed by atoms with van der Waals surface area (Å²) in [6.07, 6.45) is 4.81. The second kappa shape index (κ2) is 5.72. The summed E-state index contributed by atoms with van der Waals surface area (Å²) in [5.74, 6) is 0. The lowest BCUT2D eigenvalue weighted by atomic mass is 10.5. The van der Waals surface area contributed by atoms with Crippen LogP contribution in [0.15, 0.2) is 34.4 Å². The van der Waals surface area contributed by atoms with Crippen molar-refractivity contribution in [2.24, 2.45) is 0 Å². The van der Waals surface area contributed by atoms with Crippen LogP contribution in [0.4, 0.5) is 0 Å². The van der Waals surface area contributed by atoms with Crippen molar-refractivity contribution in [1.29, 1.82) is 0 Å². The van der Waals surface area contributed by atoms with E-state index in [9.17, 15) is 4.79 Å². The average molecular weight is 258 g/mol. The van der Waals surface area contributed by atoms with Crippen molar-refractivity contribution in [1.82, 2.24) is 14.9 Å². The topological polar surface area (TPSA) is 46.9 Å². The summed E-state index contributed by atoms with van der Waals surface area (Å²) in [5.41, 5.74) is -0.0552. The molecule has 0 saturated carbocycles. The Labute approximate surface area is 90.8 Å². The molecule has 0 saturated heterocycles. The first-order valence-electron chi connectivity index (χ1n) is 4.27. The molecule has 0 fully saturated rings. The van der Waals surface area contributed by atoms with E-state index in [-0.39, 0.29) is 5.56 Å². The van der Waals surface area contributed by atoms with Gasteiger partial charge in [0, 0.05) is 25.8 Å². The van der Waals surface area contributed by atoms with Crippen molar-refractivity contribution in [2.75, 3.05) is 13.1 Å². The largest absolute Gasteiger partial charge is 0.312 e. The third-order valence-electron chi connectivity index (χ3n) is 1.68. The van der Waals surface area contributed by atoms with E-state index in [4.69, 9.17) is 0 Å². The minimum atomic E-state index is -0.0552. The Kier molecular flexibility index (Phi) is 4.55. The van der Waals surface area contributed by atoms with Crippen LogP contribution in [-0.2, 0) is 6.54 Å². The summed E-state index contributed by atoms with van der Waals surface area (Å²) < 4.78 is 2.05. The molecule has 1 aromatic heterocycles. The zero-order valence-electron chi connectivity index (χ0n) is 7.74. The van der Waals surface area contributed by atoms with Crippen molar-refractivity contribution in [3.05, 3.63) is 40.0 Å². The molecule has 0 unspecified atom stereocenters. The number of rotatable bonds is 5. The average Bonchev–Trinajstić information content (AvgIpc) is 2.19. The molecule has 76 valence electrons. The van der Waals surface area contributed by atoms with Gasteiger partial charge in [-0.1, -0.05) is 6.08 Å². The second-order valence-electron chi connectivity index (χ2n) is 2.73. The number of nitrogens with zero attached hydrogens (tertiary/aromatic N) is 2. The fourth-order valence-corrected chi connectivity index (χ4v) is 1.33. The van der Waals surface area contributed by atoms with Gasteiger partial charge in [0.1, 0.15) is 4.47 Å². The first kappa shape index (κ1) is 11.1. The number of hydrogen-bond donors (Lipinski definition) is 1. The summed E-state index contributed by atoms with van der Waals surface area (Å²) in [6.45, 7) is 5.67. The first-order chi connectivity index (χ1) is 6.75. The number of aromatic nitrogens is 2. The molecule has 0 aromatic carbocycles. The summed E-state index contributed by atoms with van der Waals surface area (Å²) in [6, 6.07) is 0. The lowest BCUT2D eigenvalue weighted by Gasteiger charge is -2.05. The van der Waals surface area contributed by atoms with Crippen LogP contribution in [-0.4, -0.2) is 22.6 Å². The molecule has 1 aromatic rings. The SMILES string of the molecule is C=CCNCCn1cncc(Br)c1=O. The fourth-order valence-electron chi connectivity index (χ4n) is 0.987. The smallest absolute Gasteiger partial charge is 0.267 e. The van der Waals surface area contributed by atoms with Gasteiger partial charge in [-0.05, 0) is 15.9 Å². The maximum absolute atomic E-state index is 11.5. The minimum Gasteiger partial charge on any atom is -0.312 e. The number of halogens is 1. The molecular weight excluding hydrogens is 246 g/mol. The van der Waals surface area contributed by atoms with E-state index in [1.54, 1.807) is 10.6 Å². The number of nitrogens with one attached hydrogen (secondary N) is 1. The molecule has 0 aliphatic heterocycles. The van der Waals surface area contributed by atoms with Crippen LogP contribution in [0.3, 0.4) is 0 Å². The van der Waals surface area contributed by atoms with E-state index < -0.39 is 0 Å². The highest BCUT2D eigenvalue weighted by Gasteiger charge is 1.99. The predicted octanol–water partition coefficient (Wildman–Crippen LogP) is 0.781. The Morgan fingerprint density at radius 1 is 1.71 bits per heavy atom. The normalized spacial score (nSPS) is 10.1. The lowest BCUT2D eigenvalue weighted by molar-refractivity contribution is 0.599. The zero-order valence-corrected chi connectivity index (χ0v) is 9.33. The van der Waals surface area contributed by atoms with E-state index in [1.165, 1.54) is 12.5 Å². The van der Waals surface area contributed by atoms with E-state index in [0.29, 0.717) is 11.0 Å². The fraction of sp³-hybridized carbons (Fsp3) is 0.333. The molecule has 0 atom stereocenters. The van der Waals surface area contributed by atoms with Crippen LogP contribution < -0.4 is 10.9 Å². The van der Waals surface area contributed by atoms with E-state index in [2.05, 4.69) is 32.8 Å². The molecule has 0 bridgehead atoms. The highest BCUT2D eigenvalue weighted by molar-refractivity contribution is 9.10. The van der Waals surface area contributed by atoms with Gasteiger partial charge in [-0.25, -0.2) is 4.98 Å². The van der Waals surface area contributed by atoms with Gasteiger partial charge in [0.2, 0.25) is 0 Å². The van der Waals surface area contributed by atoms with Crippen molar-refractivity contribution in [2.45, 2.75) is 6.54 Å². The van der Waals surface area contributed by atoms with Crippen LogP contribution in [0, 0.1) is 0 Å². The maximum atomic E-state index is 11.5. The Morgan fingerprint density at radius 2 is 2.50 bits per heavy atom. The first-order valence-corrected chi connectivity index (χ1v) is 5.06. The van der Waals surface area contributed by atoms with Crippen molar-refractivity contribution < 1.29 is 0 Å². The van der Waals surface area contributed by atoms with Crippen molar-refractivity contribution in [3.8, 4) is 0 Å². The lowest BCUT2D eigenvalue weighted by Crippen LogP contribution is -2.27. The summed E-state index contributed by atoms with van der Waals surface area (Å²) >= 11 is 3.14. The third kappa shape index (κ3) is 3.08. The molecule has 5 heteroatoms. The van der Waals surface area contributed by atoms with E-state index in [0.717, 1.165) is 13.1 Å². The zero-order chi connectivity index (χ0) is 10.4. The van der Waals surface area contributed by atoms with Crippen LogP contribution in [0.25, 0.3) is 0 Å². The van der Waals surface area contributed by atoms with Gasteiger partial charge in [-0.3, -0.25) is 9.36 Å². The predicted molar refractivity (Wildman–Crippen MR) is 59.3 cm³/mol. The molecule has 4 nitrogen and oxygen atoms in total. The molecule has 0 amide bonds. The maximum Gasteiger partial charge on any atom is 0.267 e. The van der Waals surface area contributed by atoms with E-state index >= 15 is 0 Å². The third-order valence-corrected chi connectivity index (χ3v) is 2.22. The van der Waals surface area contributed by atoms with Gasteiger partial charge in [0.05, 0.1) is 6.33 Å².